The molecule has 0 unspecified atom stereocenters. The van der Waals surface area contributed by atoms with Crippen LogP contribution in [0.4, 0.5) is 0 Å². The summed E-state index contributed by atoms with van der Waals surface area (Å²) in [6.07, 6.45) is 0.0661. The van der Waals surface area contributed by atoms with Crippen molar-refractivity contribution in [2.45, 2.75) is 24.4 Å². The van der Waals surface area contributed by atoms with Gasteiger partial charge in [-0.25, -0.2) is 0 Å². The number of hydrogen-bond acceptors (Lipinski definition) is 5. The third-order valence-electron chi connectivity index (χ3n) is 4.61. The summed E-state index contributed by atoms with van der Waals surface area (Å²) in [7, 11) is 6.11. The van der Waals surface area contributed by atoms with E-state index in [0.717, 1.165) is 11.1 Å². The number of ether oxygens (including phenoxy) is 4. The van der Waals surface area contributed by atoms with Gasteiger partial charge in [-0.15, -0.1) is 0 Å². The second-order valence-corrected chi connectivity index (χ2v) is 5.95. The zero-order valence-electron chi connectivity index (χ0n) is 15.7. The van der Waals surface area contributed by atoms with Crippen molar-refractivity contribution < 1.29 is 23.7 Å². The summed E-state index contributed by atoms with van der Waals surface area (Å²) in [5.41, 5.74) is 1.55. The van der Waals surface area contributed by atoms with Gasteiger partial charge in [0.1, 0.15) is 5.78 Å². The van der Waals surface area contributed by atoms with Gasteiger partial charge in [0.2, 0.25) is 11.6 Å². The number of Topliss-reactive ketones (excluding diaryl/α,β-unsaturated/α-hetero) is 1. The minimum absolute atomic E-state index is 0.0331. The number of rotatable bonds is 10. The topological polar surface area (TPSA) is 54.0 Å². The first-order chi connectivity index (χ1) is 12.6. The highest BCUT2D eigenvalue weighted by Gasteiger charge is 2.40. The van der Waals surface area contributed by atoms with E-state index in [-0.39, 0.29) is 18.6 Å². The number of hydrogen-bond donors (Lipinski definition) is 0. The Labute approximate surface area is 154 Å². The van der Waals surface area contributed by atoms with Gasteiger partial charge in [0.15, 0.2) is 0 Å². The Morgan fingerprint density at radius 1 is 0.654 bits per heavy atom. The molecule has 0 N–H and O–H groups in total. The number of methoxy groups -OCH3 is 4. The maximum absolute atomic E-state index is 12.9. The van der Waals surface area contributed by atoms with Crippen molar-refractivity contribution in [1.29, 1.82) is 0 Å². The van der Waals surface area contributed by atoms with Gasteiger partial charge in [-0.3, -0.25) is 4.79 Å². The van der Waals surface area contributed by atoms with Gasteiger partial charge in [0, 0.05) is 39.6 Å². The first kappa shape index (κ1) is 20.3. The van der Waals surface area contributed by atoms with Crippen LogP contribution in [0.2, 0.25) is 0 Å². The van der Waals surface area contributed by atoms with E-state index in [4.69, 9.17) is 18.9 Å². The predicted octanol–water partition coefficient (Wildman–Crippen LogP) is 3.63. The van der Waals surface area contributed by atoms with Crippen LogP contribution in [0.1, 0.15) is 24.0 Å². The van der Waals surface area contributed by atoms with Crippen molar-refractivity contribution in [1.82, 2.24) is 0 Å². The van der Waals surface area contributed by atoms with E-state index >= 15 is 0 Å². The molecule has 0 heterocycles. The summed E-state index contributed by atoms with van der Waals surface area (Å²) < 4.78 is 22.4. The van der Waals surface area contributed by atoms with E-state index in [0.29, 0.717) is 0 Å². The zero-order valence-corrected chi connectivity index (χ0v) is 15.7. The molecule has 0 aliphatic heterocycles. The van der Waals surface area contributed by atoms with Gasteiger partial charge in [-0.05, 0) is 0 Å². The number of carbonyl (C=O) groups is 1. The molecule has 140 valence electrons. The smallest absolute Gasteiger partial charge is 0.201 e. The standard InChI is InChI=1S/C21H26O5/c1-23-20(24-2,17-11-7-5-8-12-17)15-19(22)16-21(25-3,26-4)18-13-9-6-10-14-18/h5-14H,15-16H2,1-4H3. The molecule has 2 aromatic rings. The van der Waals surface area contributed by atoms with Crippen molar-refractivity contribution in [3.05, 3.63) is 71.8 Å². The molecule has 0 spiro atoms. The normalized spacial score (nSPS) is 12.2. The van der Waals surface area contributed by atoms with Crippen molar-refractivity contribution in [3.8, 4) is 0 Å². The summed E-state index contributed by atoms with van der Waals surface area (Å²) in [6, 6.07) is 18.8. The first-order valence-electron chi connectivity index (χ1n) is 8.39. The van der Waals surface area contributed by atoms with E-state index in [1.165, 1.54) is 28.4 Å². The maximum atomic E-state index is 12.9. The second-order valence-electron chi connectivity index (χ2n) is 5.95. The van der Waals surface area contributed by atoms with Gasteiger partial charge in [0.05, 0.1) is 12.8 Å². The van der Waals surface area contributed by atoms with E-state index in [9.17, 15) is 4.79 Å². The fraction of sp³-hybridized carbons (Fsp3) is 0.381. The molecule has 5 heteroatoms. The fourth-order valence-corrected chi connectivity index (χ4v) is 3.10. The Balaban J connectivity index is 2.26. The minimum Gasteiger partial charge on any atom is -0.349 e. The Morgan fingerprint density at radius 3 is 1.23 bits per heavy atom. The van der Waals surface area contributed by atoms with Gasteiger partial charge in [-0.2, -0.15) is 0 Å². The van der Waals surface area contributed by atoms with Crippen LogP contribution in [-0.2, 0) is 35.3 Å². The lowest BCUT2D eigenvalue weighted by atomic mass is 9.93. The molecule has 0 radical (unpaired) electrons. The molecule has 26 heavy (non-hydrogen) atoms. The molecule has 0 saturated heterocycles. The molecule has 2 aromatic carbocycles. The Bertz CT molecular complexity index is 617. The van der Waals surface area contributed by atoms with Crippen LogP contribution >= 0.6 is 0 Å². The average molecular weight is 358 g/mol. The Morgan fingerprint density at radius 2 is 0.962 bits per heavy atom. The van der Waals surface area contributed by atoms with Crippen LogP contribution in [0.15, 0.2) is 60.7 Å². The highest BCUT2D eigenvalue weighted by atomic mass is 16.7. The van der Waals surface area contributed by atoms with Gasteiger partial charge < -0.3 is 18.9 Å². The van der Waals surface area contributed by atoms with Gasteiger partial charge in [-0.1, -0.05) is 60.7 Å². The quantitative estimate of drug-likeness (QED) is 0.607. The highest BCUT2D eigenvalue weighted by Crippen LogP contribution is 2.35. The molecule has 2 rings (SSSR count). The van der Waals surface area contributed by atoms with Gasteiger partial charge in [0.25, 0.3) is 0 Å². The van der Waals surface area contributed by atoms with Crippen LogP contribution < -0.4 is 0 Å². The molecule has 0 fully saturated rings. The monoisotopic (exact) mass is 358 g/mol. The molecule has 0 bridgehead atoms. The molecule has 0 aliphatic carbocycles. The lowest BCUT2D eigenvalue weighted by Gasteiger charge is -2.34. The molecule has 0 amide bonds. The SMILES string of the molecule is COC(CC(=O)CC(OC)(OC)c1ccccc1)(OC)c1ccccc1. The van der Waals surface area contributed by atoms with E-state index in [1.807, 2.05) is 60.7 Å². The van der Waals surface area contributed by atoms with Crippen molar-refractivity contribution in [2.75, 3.05) is 28.4 Å². The summed E-state index contributed by atoms with van der Waals surface area (Å²) in [5, 5.41) is 0. The summed E-state index contributed by atoms with van der Waals surface area (Å²) >= 11 is 0. The van der Waals surface area contributed by atoms with Crippen molar-refractivity contribution in [3.63, 3.8) is 0 Å². The average Bonchev–Trinajstić information content (AvgIpc) is 2.71. The lowest BCUT2D eigenvalue weighted by Crippen LogP contribution is -2.38. The number of carbonyl (C=O) groups excluding carboxylic acids is 1. The first-order valence-corrected chi connectivity index (χ1v) is 8.39. The highest BCUT2D eigenvalue weighted by molar-refractivity contribution is 5.80. The number of ketones is 1. The van der Waals surface area contributed by atoms with Gasteiger partial charge >= 0.3 is 0 Å². The number of benzene rings is 2. The molecule has 0 aromatic heterocycles. The van der Waals surface area contributed by atoms with E-state index in [1.54, 1.807) is 0 Å². The van der Waals surface area contributed by atoms with Crippen LogP contribution in [0.5, 0.6) is 0 Å². The maximum Gasteiger partial charge on any atom is 0.201 e. The minimum atomic E-state index is -1.15. The Kier molecular flexibility index (Phi) is 7.06. The van der Waals surface area contributed by atoms with Crippen molar-refractivity contribution >= 4 is 5.78 Å². The third kappa shape index (κ3) is 4.19. The van der Waals surface area contributed by atoms with E-state index in [2.05, 4.69) is 0 Å². The summed E-state index contributed by atoms with van der Waals surface area (Å²) in [6.45, 7) is 0. The zero-order chi connectivity index (χ0) is 19.0. The molecular weight excluding hydrogens is 332 g/mol. The molecule has 0 aliphatic rings. The molecule has 0 atom stereocenters. The van der Waals surface area contributed by atoms with Crippen LogP contribution in [0, 0.1) is 0 Å². The fourth-order valence-electron chi connectivity index (χ4n) is 3.10. The summed E-state index contributed by atoms with van der Waals surface area (Å²) in [4.78, 5) is 12.9. The molecule has 5 nitrogen and oxygen atoms in total. The van der Waals surface area contributed by atoms with E-state index < -0.39 is 11.6 Å². The van der Waals surface area contributed by atoms with Crippen LogP contribution in [0.3, 0.4) is 0 Å². The molecular formula is C21H26O5. The van der Waals surface area contributed by atoms with Crippen LogP contribution in [-0.4, -0.2) is 34.2 Å². The predicted molar refractivity (Wildman–Crippen MR) is 98.5 cm³/mol. The Hall–Kier alpha value is -2.05. The molecule has 0 saturated carbocycles. The summed E-state index contributed by atoms with van der Waals surface area (Å²) in [5.74, 6) is -2.41. The van der Waals surface area contributed by atoms with Crippen LogP contribution in [0.25, 0.3) is 0 Å². The lowest BCUT2D eigenvalue weighted by molar-refractivity contribution is -0.232. The largest absolute Gasteiger partial charge is 0.349 e. The third-order valence-corrected chi connectivity index (χ3v) is 4.61. The van der Waals surface area contributed by atoms with Crippen molar-refractivity contribution in [2.24, 2.45) is 0 Å². The second kappa shape index (κ2) is 9.05.